The van der Waals surface area contributed by atoms with Crippen LogP contribution in [0.25, 0.3) is 5.69 Å². The molecule has 1 aliphatic carbocycles. The molecule has 0 aliphatic heterocycles. The number of hydrogen-bond acceptors (Lipinski definition) is 2. The first kappa shape index (κ1) is 11.3. The van der Waals surface area contributed by atoms with Crippen LogP contribution in [0.1, 0.15) is 30.0 Å². The smallest absolute Gasteiger partial charge is 0.152 e. The van der Waals surface area contributed by atoms with Crippen molar-refractivity contribution in [2.45, 2.75) is 25.3 Å². The van der Waals surface area contributed by atoms with Gasteiger partial charge in [-0.15, -0.1) is 0 Å². The van der Waals surface area contributed by atoms with Gasteiger partial charge in [-0.05, 0) is 36.6 Å². The summed E-state index contributed by atoms with van der Waals surface area (Å²) in [5.41, 5.74) is 6.57. The van der Waals surface area contributed by atoms with E-state index in [9.17, 15) is 8.78 Å². The highest BCUT2D eigenvalue weighted by molar-refractivity contribution is 5.38. The van der Waals surface area contributed by atoms with Crippen LogP contribution in [0.15, 0.2) is 24.4 Å². The number of halogens is 2. The molecule has 3 nitrogen and oxygen atoms in total. The van der Waals surface area contributed by atoms with Crippen LogP contribution in [-0.4, -0.2) is 9.78 Å². The van der Waals surface area contributed by atoms with Crippen molar-refractivity contribution in [3.8, 4) is 5.69 Å². The van der Waals surface area contributed by atoms with Gasteiger partial charge in [0.15, 0.2) is 11.6 Å². The van der Waals surface area contributed by atoms with Crippen LogP contribution >= 0.6 is 0 Å². The lowest BCUT2D eigenvalue weighted by Gasteiger charge is -2.07. The lowest BCUT2D eigenvalue weighted by molar-refractivity contribution is 0.556. The summed E-state index contributed by atoms with van der Waals surface area (Å²) in [6.45, 7) is 0.112. The molecule has 0 spiro atoms. The van der Waals surface area contributed by atoms with Gasteiger partial charge in [-0.25, -0.2) is 13.5 Å². The van der Waals surface area contributed by atoms with Gasteiger partial charge in [0.2, 0.25) is 0 Å². The molecule has 1 aromatic carbocycles. The van der Waals surface area contributed by atoms with E-state index in [4.69, 9.17) is 5.73 Å². The number of nitrogens with zero attached hydrogens (tertiary/aromatic N) is 2. The molecule has 1 saturated carbocycles. The van der Waals surface area contributed by atoms with Gasteiger partial charge in [-0.3, -0.25) is 0 Å². The van der Waals surface area contributed by atoms with Gasteiger partial charge in [0.25, 0.3) is 0 Å². The van der Waals surface area contributed by atoms with E-state index in [1.54, 1.807) is 6.20 Å². The molecule has 0 amide bonds. The van der Waals surface area contributed by atoms with Crippen molar-refractivity contribution in [2.75, 3.05) is 0 Å². The van der Waals surface area contributed by atoms with Gasteiger partial charge in [-0.2, -0.15) is 5.10 Å². The SMILES string of the molecule is NCc1cc(F)c(-n2ccc(C3CC3)n2)c(F)c1. The van der Waals surface area contributed by atoms with Crippen LogP contribution in [0.5, 0.6) is 0 Å². The molecule has 0 bridgehead atoms. The monoisotopic (exact) mass is 249 g/mol. The Bertz CT molecular complexity index is 565. The van der Waals surface area contributed by atoms with Crippen molar-refractivity contribution >= 4 is 0 Å². The summed E-state index contributed by atoms with van der Waals surface area (Å²) in [4.78, 5) is 0. The highest BCUT2D eigenvalue weighted by Gasteiger charge is 2.26. The van der Waals surface area contributed by atoms with Crippen molar-refractivity contribution in [2.24, 2.45) is 5.73 Å². The Balaban J connectivity index is 2.04. The van der Waals surface area contributed by atoms with Crippen molar-refractivity contribution in [3.63, 3.8) is 0 Å². The first-order valence-electron chi connectivity index (χ1n) is 5.93. The van der Waals surface area contributed by atoms with Gasteiger partial charge in [0.1, 0.15) is 5.69 Å². The summed E-state index contributed by atoms with van der Waals surface area (Å²) < 4.78 is 29.0. The van der Waals surface area contributed by atoms with Crippen molar-refractivity contribution < 1.29 is 8.78 Å². The summed E-state index contributed by atoms with van der Waals surface area (Å²) >= 11 is 0. The molecule has 5 heteroatoms. The molecule has 2 aromatic rings. The average Bonchev–Trinajstić information content (AvgIpc) is 3.08. The van der Waals surface area contributed by atoms with Gasteiger partial charge in [0, 0.05) is 18.7 Å². The molecular weight excluding hydrogens is 236 g/mol. The second kappa shape index (κ2) is 4.17. The summed E-state index contributed by atoms with van der Waals surface area (Å²) in [6, 6.07) is 4.31. The van der Waals surface area contributed by atoms with Gasteiger partial charge in [0.05, 0.1) is 5.69 Å². The normalized spacial score (nSPS) is 15.1. The van der Waals surface area contributed by atoms with Crippen LogP contribution in [-0.2, 0) is 6.54 Å². The number of nitrogens with two attached hydrogens (primary N) is 1. The van der Waals surface area contributed by atoms with Gasteiger partial charge in [-0.1, -0.05) is 0 Å². The molecule has 3 rings (SSSR count). The highest BCUT2D eigenvalue weighted by atomic mass is 19.1. The molecule has 94 valence electrons. The zero-order valence-electron chi connectivity index (χ0n) is 9.74. The van der Waals surface area contributed by atoms with Crippen molar-refractivity contribution in [1.82, 2.24) is 9.78 Å². The predicted molar refractivity (Wildman–Crippen MR) is 63.3 cm³/mol. The molecule has 0 atom stereocenters. The molecule has 0 radical (unpaired) electrons. The third-order valence-electron chi connectivity index (χ3n) is 3.15. The van der Waals surface area contributed by atoms with E-state index in [0.29, 0.717) is 11.5 Å². The van der Waals surface area contributed by atoms with Crippen molar-refractivity contribution in [3.05, 3.63) is 47.3 Å². The standard InChI is InChI=1S/C13H13F2N3/c14-10-5-8(7-16)6-11(15)13(10)18-4-3-12(17-18)9-1-2-9/h3-6,9H,1-2,7,16H2. The molecule has 1 fully saturated rings. The quantitative estimate of drug-likeness (QED) is 0.908. The molecular formula is C13H13F2N3. The Morgan fingerprint density at radius 3 is 2.50 bits per heavy atom. The minimum absolute atomic E-state index is 0.112. The topological polar surface area (TPSA) is 43.8 Å². The molecule has 0 unspecified atom stereocenters. The molecule has 1 aromatic heterocycles. The molecule has 0 saturated heterocycles. The first-order chi connectivity index (χ1) is 8.69. The van der Waals surface area contributed by atoms with Crippen LogP contribution < -0.4 is 5.73 Å². The van der Waals surface area contributed by atoms with Gasteiger partial charge >= 0.3 is 0 Å². The van der Waals surface area contributed by atoms with E-state index in [-0.39, 0.29) is 12.2 Å². The van der Waals surface area contributed by atoms with Crippen LogP contribution in [0.2, 0.25) is 0 Å². The lowest BCUT2D eigenvalue weighted by atomic mass is 10.2. The largest absolute Gasteiger partial charge is 0.326 e. The molecule has 2 N–H and O–H groups in total. The van der Waals surface area contributed by atoms with E-state index in [1.807, 2.05) is 6.07 Å². The zero-order valence-corrected chi connectivity index (χ0v) is 9.74. The lowest BCUT2D eigenvalue weighted by Crippen LogP contribution is -2.06. The Kier molecular flexibility index (Phi) is 2.63. The maximum Gasteiger partial charge on any atom is 0.152 e. The van der Waals surface area contributed by atoms with Crippen LogP contribution in [0, 0.1) is 11.6 Å². The van der Waals surface area contributed by atoms with E-state index in [0.717, 1.165) is 18.5 Å². The Morgan fingerprint density at radius 1 is 1.28 bits per heavy atom. The van der Waals surface area contributed by atoms with E-state index in [2.05, 4.69) is 5.10 Å². The minimum Gasteiger partial charge on any atom is -0.326 e. The predicted octanol–water partition coefficient (Wildman–Crippen LogP) is 2.49. The molecule has 1 heterocycles. The van der Waals surface area contributed by atoms with Crippen LogP contribution in [0.3, 0.4) is 0 Å². The summed E-state index contributed by atoms with van der Waals surface area (Å²) in [6.07, 6.45) is 3.81. The Hall–Kier alpha value is -1.75. The van der Waals surface area contributed by atoms with Crippen LogP contribution in [0.4, 0.5) is 8.78 Å². The third-order valence-corrected chi connectivity index (χ3v) is 3.15. The molecule has 1 aliphatic rings. The van der Waals surface area contributed by atoms with E-state index >= 15 is 0 Å². The summed E-state index contributed by atoms with van der Waals surface area (Å²) in [7, 11) is 0. The molecule has 18 heavy (non-hydrogen) atoms. The number of hydrogen-bond donors (Lipinski definition) is 1. The number of rotatable bonds is 3. The van der Waals surface area contributed by atoms with Gasteiger partial charge < -0.3 is 5.73 Å². The average molecular weight is 249 g/mol. The Morgan fingerprint density at radius 2 is 1.94 bits per heavy atom. The second-order valence-corrected chi connectivity index (χ2v) is 4.57. The van der Waals surface area contributed by atoms with E-state index in [1.165, 1.54) is 16.8 Å². The fourth-order valence-corrected chi connectivity index (χ4v) is 2.01. The highest BCUT2D eigenvalue weighted by Crippen LogP contribution is 2.39. The zero-order chi connectivity index (χ0) is 12.7. The maximum absolute atomic E-state index is 13.9. The van der Waals surface area contributed by atoms with Crippen molar-refractivity contribution in [1.29, 1.82) is 0 Å². The maximum atomic E-state index is 13.9. The van der Waals surface area contributed by atoms with E-state index < -0.39 is 11.6 Å². The number of aromatic nitrogens is 2. The second-order valence-electron chi connectivity index (χ2n) is 4.57. The minimum atomic E-state index is -0.638. The summed E-state index contributed by atoms with van der Waals surface area (Å²) in [5, 5.41) is 4.23. The number of benzene rings is 1. The fraction of sp³-hybridized carbons (Fsp3) is 0.308. The first-order valence-corrected chi connectivity index (χ1v) is 5.93. The third kappa shape index (κ3) is 1.90. The Labute approximate surface area is 103 Å². The fourth-order valence-electron chi connectivity index (χ4n) is 2.01. The summed E-state index contributed by atoms with van der Waals surface area (Å²) in [5.74, 6) is -0.817.